The molecule has 4 rings (SSSR count). The number of anilines is 1. The Morgan fingerprint density at radius 1 is 0.962 bits per heavy atom. The number of hydrogen-bond donors (Lipinski definition) is 2. The number of hydrogen-bond acceptors (Lipinski definition) is 3. The molecule has 3 aliphatic rings. The molecule has 5 nitrogen and oxygen atoms in total. The molecule has 3 fully saturated rings. The van der Waals surface area contributed by atoms with Crippen LogP contribution in [0.3, 0.4) is 0 Å². The van der Waals surface area contributed by atoms with E-state index in [0.29, 0.717) is 12.5 Å². The van der Waals surface area contributed by atoms with E-state index < -0.39 is 0 Å². The van der Waals surface area contributed by atoms with Crippen molar-refractivity contribution in [1.29, 1.82) is 0 Å². The minimum absolute atomic E-state index is 0.0976. The van der Waals surface area contributed by atoms with Gasteiger partial charge in [-0.2, -0.15) is 0 Å². The molecule has 0 atom stereocenters. The zero-order chi connectivity index (χ0) is 17.9. The molecule has 0 radical (unpaired) electrons. The first-order valence-electron chi connectivity index (χ1n) is 10.1. The number of nitrogens with one attached hydrogen (secondary N) is 2. The average molecular weight is 355 g/mol. The highest BCUT2D eigenvalue weighted by Crippen LogP contribution is 2.31. The minimum Gasteiger partial charge on any atom is -0.353 e. The number of piperidine rings is 1. The second-order valence-corrected chi connectivity index (χ2v) is 8.22. The van der Waals surface area contributed by atoms with Gasteiger partial charge in [0, 0.05) is 37.3 Å². The van der Waals surface area contributed by atoms with E-state index in [0.717, 1.165) is 55.9 Å². The summed E-state index contributed by atoms with van der Waals surface area (Å²) in [6.45, 7) is 3.47. The van der Waals surface area contributed by atoms with Crippen LogP contribution in [0.5, 0.6) is 0 Å². The molecule has 0 aromatic heterocycles. The Morgan fingerprint density at radius 2 is 1.65 bits per heavy atom. The van der Waals surface area contributed by atoms with Crippen molar-refractivity contribution in [3.05, 3.63) is 29.8 Å². The van der Waals surface area contributed by atoms with Crippen molar-refractivity contribution in [2.45, 2.75) is 51.0 Å². The van der Waals surface area contributed by atoms with Crippen molar-refractivity contribution in [2.24, 2.45) is 11.8 Å². The van der Waals surface area contributed by atoms with Crippen LogP contribution in [0, 0.1) is 11.8 Å². The fourth-order valence-electron chi connectivity index (χ4n) is 3.69. The van der Waals surface area contributed by atoms with E-state index in [1.165, 1.54) is 19.4 Å². The lowest BCUT2D eigenvalue weighted by Gasteiger charge is -2.32. The summed E-state index contributed by atoms with van der Waals surface area (Å²) in [5.41, 5.74) is 1.80. The summed E-state index contributed by atoms with van der Waals surface area (Å²) in [7, 11) is 0. The molecule has 1 heterocycles. The first kappa shape index (κ1) is 17.5. The van der Waals surface area contributed by atoms with Crippen LogP contribution in [0.1, 0.15) is 44.1 Å². The number of likely N-dealkylation sites (tertiary alicyclic amines) is 1. The van der Waals surface area contributed by atoms with Gasteiger partial charge in [-0.3, -0.25) is 9.59 Å². The lowest BCUT2D eigenvalue weighted by molar-refractivity contribution is -0.121. The molecular weight excluding hydrogens is 326 g/mol. The minimum atomic E-state index is 0.0976. The third kappa shape index (κ3) is 5.07. The van der Waals surface area contributed by atoms with Gasteiger partial charge in [-0.1, -0.05) is 12.1 Å². The molecule has 2 aliphatic carbocycles. The van der Waals surface area contributed by atoms with Crippen molar-refractivity contribution in [3.8, 4) is 0 Å². The van der Waals surface area contributed by atoms with E-state index in [-0.39, 0.29) is 17.7 Å². The van der Waals surface area contributed by atoms with Gasteiger partial charge in [-0.05, 0) is 62.1 Å². The fraction of sp³-hybridized carbons (Fsp3) is 0.619. The maximum atomic E-state index is 12.3. The maximum Gasteiger partial charge on any atom is 0.227 e. The van der Waals surface area contributed by atoms with E-state index >= 15 is 0 Å². The monoisotopic (exact) mass is 355 g/mol. The molecule has 1 aliphatic heterocycles. The number of rotatable bonds is 7. The lowest BCUT2D eigenvalue weighted by Crippen LogP contribution is -2.45. The smallest absolute Gasteiger partial charge is 0.227 e. The van der Waals surface area contributed by atoms with Crippen molar-refractivity contribution in [3.63, 3.8) is 0 Å². The summed E-state index contributed by atoms with van der Waals surface area (Å²) in [6.07, 6.45) is 7.33. The molecule has 140 valence electrons. The second kappa shape index (κ2) is 7.78. The summed E-state index contributed by atoms with van der Waals surface area (Å²) in [4.78, 5) is 26.6. The first-order valence-corrected chi connectivity index (χ1v) is 10.1. The van der Waals surface area contributed by atoms with E-state index in [1.807, 2.05) is 24.3 Å². The van der Waals surface area contributed by atoms with Crippen LogP contribution in [0.25, 0.3) is 0 Å². The molecule has 5 heteroatoms. The van der Waals surface area contributed by atoms with Crippen molar-refractivity contribution < 1.29 is 9.59 Å². The summed E-state index contributed by atoms with van der Waals surface area (Å²) in [6, 6.07) is 7.95. The largest absolute Gasteiger partial charge is 0.353 e. The molecule has 0 unspecified atom stereocenters. The van der Waals surface area contributed by atoms with Gasteiger partial charge in [-0.25, -0.2) is 0 Å². The van der Waals surface area contributed by atoms with Gasteiger partial charge in [0.1, 0.15) is 0 Å². The third-order valence-corrected chi connectivity index (χ3v) is 5.70. The predicted molar refractivity (Wildman–Crippen MR) is 102 cm³/mol. The van der Waals surface area contributed by atoms with Crippen LogP contribution in [-0.2, 0) is 16.0 Å². The molecule has 1 saturated heterocycles. The number of carbonyl (C=O) groups is 2. The Labute approximate surface area is 155 Å². The van der Waals surface area contributed by atoms with Gasteiger partial charge in [0.15, 0.2) is 0 Å². The Balaban J connectivity index is 1.18. The second-order valence-electron chi connectivity index (χ2n) is 8.22. The Morgan fingerprint density at radius 3 is 2.27 bits per heavy atom. The molecule has 0 spiro atoms. The zero-order valence-corrected chi connectivity index (χ0v) is 15.4. The molecule has 2 amide bonds. The molecule has 1 aromatic rings. The first-order chi connectivity index (χ1) is 12.7. The molecular formula is C21H29N3O2. The van der Waals surface area contributed by atoms with Gasteiger partial charge in [0.05, 0.1) is 6.42 Å². The van der Waals surface area contributed by atoms with Gasteiger partial charge in [0.2, 0.25) is 11.8 Å². The number of amides is 2. The third-order valence-electron chi connectivity index (χ3n) is 5.70. The van der Waals surface area contributed by atoms with Crippen LogP contribution in [0.2, 0.25) is 0 Å². The summed E-state index contributed by atoms with van der Waals surface area (Å²) in [5.74, 6) is 1.36. The van der Waals surface area contributed by atoms with Gasteiger partial charge < -0.3 is 15.5 Å². The normalized spacial score (nSPS) is 21.4. The highest BCUT2D eigenvalue weighted by Gasteiger charge is 2.29. The van der Waals surface area contributed by atoms with E-state index in [9.17, 15) is 9.59 Å². The van der Waals surface area contributed by atoms with Crippen molar-refractivity contribution in [2.75, 3.05) is 25.0 Å². The van der Waals surface area contributed by atoms with E-state index in [2.05, 4.69) is 15.5 Å². The molecule has 2 N–H and O–H groups in total. The highest BCUT2D eigenvalue weighted by atomic mass is 16.2. The summed E-state index contributed by atoms with van der Waals surface area (Å²) >= 11 is 0. The van der Waals surface area contributed by atoms with Gasteiger partial charge in [0.25, 0.3) is 0 Å². The summed E-state index contributed by atoms with van der Waals surface area (Å²) < 4.78 is 0. The quantitative estimate of drug-likeness (QED) is 0.790. The Kier molecular flexibility index (Phi) is 5.25. The number of carbonyl (C=O) groups excluding carboxylic acids is 2. The van der Waals surface area contributed by atoms with Crippen LogP contribution in [0.15, 0.2) is 24.3 Å². The summed E-state index contributed by atoms with van der Waals surface area (Å²) in [5, 5.41) is 6.12. The maximum absolute atomic E-state index is 12.3. The topological polar surface area (TPSA) is 61.4 Å². The van der Waals surface area contributed by atoms with Crippen molar-refractivity contribution in [1.82, 2.24) is 10.2 Å². The predicted octanol–water partition coefficient (Wildman–Crippen LogP) is 2.57. The van der Waals surface area contributed by atoms with Crippen LogP contribution >= 0.6 is 0 Å². The Hall–Kier alpha value is -1.88. The molecule has 1 aromatic carbocycles. The lowest BCUT2D eigenvalue weighted by atomic mass is 10.0. The molecule has 26 heavy (non-hydrogen) atoms. The van der Waals surface area contributed by atoms with Gasteiger partial charge >= 0.3 is 0 Å². The zero-order valence-electron chi connectivity index (χ0n) is 15.4. The number of benzene rings is 1. The number of nitrogens with zero attached hydrogens (tertiary/aromatic N) is 1. The van der Waals surface area contributed by atoms with E-state index in [4.69, 9.17) is 0 Å². The van der Waals surface area contributed by atoms with Crippen LogP contribution < -0.4 is 10.6 Å². The Bertz CT molecular complexity index is 642. The molecule has 2 saturated carbocycles. The highest BCUT2D eigenvalue weighted by molar-refractivity contribution is 5.94. The molecule has 0 bridgehead atoms. The fourth-order valence-corrected chi connectivity index (χ4v) is 3.69. The SMILES string of the molecule is O=C(Cc1ccc(NC(=O)C2CC2)cc1)NC1CCN(CC2CC2)CC1. The van der Waals surface area contributed by atoms with E-state index in [1.54, 1.807) is 0 Å². The van der Waals surface area contributed by atoms with Crippen LogP contribution in [0.4, 0.5) is 5.69 Å². The standard InChI is InChI=1S/C21H29N3O2/c25-20(22-19-9-11-24(12-10-19)14-16-1-2-16)13-15-3-7-18(8-4-15)23-21(26)17-5-6-17/h3-4,7-8,16-17,19H,1-2,5-6,9-14H2,(H,22,25)(H,23,26). The van der Waals surface area contributed by atoms with Gasteiger partial charge in [-0.15, -0.1) is 0 Å². The van der Waals surface area contributed by atoms with Crippen LogP contribution in [-0.4, -0.2) is 42.4 Å². The average Bonchev–Trinajstić information content (AvgIpc) is 3.52. The van der Waals surface area contributed by atoms with Crippen molar-refractivity contribution >= 4 is 17.5 Å².